The van der Waals surface area contributed by atoms with Gasteiger partial charge in [-0.05, 0) is 43.7 Å². The zero-order valence-electron chi connectivity index (χ0n) is 13.5. The number of rotatable bonds is 4. The van der Waals surface area contributed by atoms with Crippen molar-refractivity contribution in [3.63, 3.8) is 0 Å². The highest BCUT2D eigenvalue weighted by Crippen LogP contribution is 2.43. The summed E-state index contributed by atoms with van der Waals surface area (Å²) in [7, 11) is 1.49. The monoisotopic (exact) mass is 337 g/mol. The number of carbonyl (C=O) groups excluding carboxylic acids is 1. The first kappa shape index (κ1) is 16.3. The van der Waals surface area contributed by atoms with E-state index < -0.39 is 5.82 Å². The van der Waals surface area contributed by atoms with Gasteiger partial charge in [0.2, 0.25) is 0 Å². The van der Waals surface area contributed by atoms with Crippen molar-refractivity contribution in [2.45, 2.75) is 51.5 Å². The molecule has 0 saturated carbocycles. The van der Waals surface area contributed by atoms with Gasteiger partial charge in [0.25, 0.3) is 5.91 Å². The molecule has 1 heterocycles. The third-order valence-electron chi connectivity index (χ3n) is 4.74. The molecule has 124 valence electrons. The summed E-state index contributed by atoms with van der Waals surface area (Å²) in [5.41, 5.74) is 2.36. The summed E-state index contributed by atoms with van der Waals surface area (Å²) in [6.07, 6.45) is 5.66. The molecule has 0 spiro atoms. The van der Waals surface area contributed by atoms with Gasteiger partial charge in [-0.15, -0.1) is 0 Å². The summed E-state index contributed by atoms with van der Waals surface area (Å²) in [5.74, 6) is -0.150. The van der Waals surface area contributed by atoms with Crippen LogP contribution in [0.25, 0.3) is 0 Å². The number of amides is 1. The molecule has 1 atom stereocenters. The lowest BCUT2D eigenvalue weighted by molar-refractivity contribution is -0.115. The average molecular weight is 338 g/mol. The molecule has 1 aromatic carbocycles. The van der Waals surface area contributed by atoms with Gasteiger partial charge in [-0.3, -0.25) is 9.69 Å². The molecular formula is C18H21ClFNO2. The van der Waals surface area contributed by atoms with Gasteiger partial charge in [0.15, 0.2) is 0 Å². The van der Waals surface area contributed by atoms with Crippen molar-refractivity contribution in [1.29, 1.82) is 0 Å². The number of benzene rings is 1. The fourth-order valence-corrected chi connectivity index (χ4v) is 3.92. The number of hydrogen-bond acceptors (Lipinski definition) is 2. The summed E-state index contributed by atoms with van der Waals surface area (Å²) in [4.78, 5) is 14.5. The maximum absolute atomic E-state index is 14.5. The zero-order valence-corrected chi connectivity index (χ0v) is 14.3. The van der Waals surface area contributed by atoms with Crippen LogP contribution < -0.4 is 9.64 Å². The molecule has 1 amide bonds. The summed E-state index contributed by atoms with van der Waals surface area (Å²) in [6, 6.07) is 2.73. The molecule has 1 unspecified atom stereocenters. The van der Waals surface area contributed by atoms with Gasteiger partial charge in [-0.25, -0.2) is 4.39 Å². The van der Waals surface area contributed by atoms with E-state index in [1.165, 1.54) is 24.8 Å². The Morgan fingerprint density at radius 3 is 2.78 bits per heavy atom. The predicted molar refractivity (Wildman–Crippen MR) is 89.6 cm³/mol. The Bertz CT molecular complexity index is 671. The molecule has 23 heavy (non-hydrogen) atoms. The van der Waals surface area contributed by atoms with Gasteiger partial charge in [0.1, 0.15) is 11.6 Å². The molecule has 0 N–H and O–H groups in total. The summed E-state index contributed by atoms with van der Waals surface area (Å²) >= 11 is 5.99. The highest BCUT2D eigenvalue weighted by atomic mass is 35.5. The molecule has 0 aromatic heterocycles. The van der Waals surface area contributed by atoms with Crippen LogP contribution in [0.2, 0.25) is 5.02 Å². The van der Waals surface area contributed by atoms with Crippen LogP contribution in [0.5, 0.6) is 5.75 Å². The summed E-state index contributed by atoms with van der Waals surface area (Å²) in [6.45, 7) is 2.09. The molecule has 1 aliphatic heterocycles. The van der Waals surface area contributed by atoms with Crippen LogP contribution in [0.1, 0.15) is 45.4 Å². The lowest BCUT2D eigenvalue weighted by Crippen LogP contribution is -2.36. The molecule has 1 aliphatic carbocycles. The van der Waals surface area contributed by atoms with E-state index in [9.17, 15) is 9.18 Å². The number of anilines is 1. The maximum Gasteiger partial charge on any atom is 0.254 e. The van der Waals surface area contributed by atoms with Crippen LogP contribution in [-0.4, -0.2) is 19.1 Å². The van der Waals surface area contributed by atoms with Crippen molar-refractivity contribution in [1.82, 2.24) is 0 Å². The standard InChI is InChI=1S/C18H21ClFNO2/c1-3-6-15-11-7-4-5-8-12(11)18(22)21(15)16-10-17(23-2)13(19)9-14(16)20/h9-10,15H,3-8H2,1-2H3. The lowest BCUT2D eigenvalue weighted by atomic mass is 9.89. The van der Waals surface area contributed by atoms with Crippen molar-refractivity contribution < 1.29 is 13.9 Å². The molecule has 1 aromatic rings. The minimum atomic E-state index is -0.481. The fourth-order valence-electron chi connectivity index (χ4n) is 3.70. The van der Waals surface area contributed by atoms with Crippen molar-refractivity contribution >= 4 is 23.2 Å². The van der Waals surface area contributed by atoms with Crippen LogP contribution in [0.3, 0.4) is 0 Å². The van der Waals surface area contributed by atoms with E-state index in [2.05, 4.69) is 6.92 Å². The molecule has 2 aliphatic rings. The molecule has 0 saturated heterocycles. The Morgan fingerprint density at radius 2 is 2.09 bits per heavy atom. The first-order chi connectivity index (χ1) is 11.1. The maximum atomic E-state index is 14.5. The third-order valence-corrected chi connectivity index (χ3v) is 5.04. The number of hydrogen-bond donors (Lipinski definition) is 0. The van der Waals surface area contributed by atoms with Crippen molar-refractivity contribution in [2.24, 2.45) is 0 Å². The number of nitrogens with zero attached hydrogens (tertiary/aromatic N) is 1. The summed E-state index contributed by atoms with van der Waals surface area (Å²) < 4.78 is 19.7. The van der Waals surface area contributed by atoms with E-state index in [1.807, 2.05) is 0 Å². The van der Waals surface area contributed by atoms with Crippen LogP contribution in [0.4, 0.5) is 10.1 Å². The Balaban J connectivity index is 2.06. The van der Waals surface area contributed by atoms with Crippen LogP contribution >= 0.6 is 11.6 Å². The van der Waals surface area contributed by atoms with Gasteiger partial charge < -0.3 is 4.74 Å². The Kier molecular flexibility index (Phi) is 4.62. The van der Waals surface area contributed by atoms with Gasteiger partial charge in [-0.1, -0.05) is 24.9 Å². The van der Waals surface area contributed by atoms with E-state index in [1.54, 1.807) is 4.90 Å². The lowest BCUT2D eigenvalue weighted by Gasteiger charge is -2.28. The highest BCUT2D eigenvalue weighted by molar-refractivity contribution is 6.32. The fraction of sp³-hybridized carbons (Fsp3) is 0.500. The normalized spacial score (nSPS) is 21.0. The number of ether oxygens (including phenoxy) is 1. The van der Waals surface area contributed by atoms with Gasteiger partial charge in [-0.2, -0.15) is 0 Å². The Labute approximate surface area is 141 Å². The number of carbonyl (C=O) groups is 1. The molecule has 3 rings (SSSR count). The van der Waals surface area contributed by atoms with Crippen LogP contribution in [0, 0.1) is 5.82 Å². The second kappa shape index (κ2) is 6.52. The minimum Gasteiger partial charge on any atom is -0.495 e. The van der Waals surface area contributed by atoms with E-state index >= 15 is 0 Å². The topological polar surface area (TPSA) is 29.5 Å². The molecule has 0 bridgehead atoms. The van der Waals surface area contributed by atoms with Gasteiger partial charge in [0.05, 0.1) is 23.9 Å². The largest absolute Gasteiger partial charge is 0.495 e. The highest BCUT2D eigenvalue weighted by Gasteiger charge is 2.41. The summed E-state index contributed by atoms with van der Waals surface area (Å²) in [5, 5.41) is 0.213. The first-order valence-corrected chi connectivity index (χ1v) is 8.54. The van der Waals surface area contributed by atoms with E-state index in [0.717, 1.165) is 44.1 Å². The molecule has 3 nitrogen and oxygen atoms in total. The Morgan fingerprint density at radius 1 is 1.35 bits per heavy atom. The number of methoxy groups -OCH3 is 1. The quantitative estimate of drug-likeness (QED) is 0.784. The van der Waals surface area contributed by atoms with E-state index in [0.29, 0.717) is 5.75 Å². The van der Waals surface area contributed by atoms with Gasteiger partial charge in [0, 0.05) is 11.6 Å². The van der Waals surface area contributed by atoms with Crippen molar-refractivity contribution in [3.8, 4) is 5.75 Å². The predicted octanol–water partition coefficient (Wildman–Crippen LogP) is 4.87. The third kappa shape index (κ3) is 2.74. The van der Waals surface area contributed by atoms with Crippen LogP contribution in [-0.2, 0) is 4.79 Å². The molecular weight excluding hydrogens is 317 g/mol. The van der Waals surface area contributed by atoms with Crippen molar-refractivity contribution in [2.75, 3.05) is 12.0 Å². The minimum absolute atomic E-state index is 0.0387. The SMILES string of the molecule is CCCC1C2=C(CCCC2)C(=O)N1c1cc(OC)c(Cl)cc1F. The molecule has 5 heteroatoms. The number of halogens is 2. The first-order valence-electron chi connectivity index (χ1n) is 8.17. The van der Waals surface area contributed by atoms with Gasteiger partial charge >= 0.3 is 0 Å². The van der Waals surface area contributed by atoms with Crippen LogP contribution in [0.15, 0.2) is 23.3 Å². The van der Waals surface area contributed by atoms with E-state index in [-0.39, 0.29) is 22.7 Å². The average Bonchev–Trinajstić information content (AvgIpc) is 2.82. The smallest absolute Gasteiger partial charge is 0.254 e. The second-order valence-electron chi connectivity index (χ2n) is 6.13. The van der Waals surface area contributed by atoms with E-state index in [4.69, 9.17) is 16.3 Å². The van der Waals surface area contributed by atoms with Crippen molar-refractivity contribution in [3.05, 3.63) is 34.1 Å². The molecule has 0 radical (unpaired) electrons. The second-order valence-corrected chi connectivity index (χ2v) is 6.54. The Hall–Kier alpha value is -1.55. The zero-order chi connectivity index (χ0) is 16.6. The molecule has 0 fully saturated rings.